The van der Waals surface area contributed by atoms with Crippen molar-refractivity contribution in [2.24, 2.45) is 0 Å². The average molecular weight is 327 g/mol. The summed E-state index contributed by atoms with van der Waals surface area (Å²) in [4.78, 5) is 11.5. The lowest BCUT2D eigenvalue weighted by Crippen LogP contribution is -2.25. The van der Waals surface area contributed by atoms with Crippen LogP contribution in [0.2, 0.25) is 0 Å². The molecule has 0 radical (unpaired) electrons. The summed E-state index contributed by atoms with van der Waals surface area (Å²) >= 11 is 0. The number of aliphatic hydroxyl groups is 1. The van der Waals surface area contributed by atoms with Crippen molar-refractivity contribution in [3.05, 3.63) is 12.2 Å². The third-order valence-electron chi connectivity index (χ3n) is 4.14. The molecule has 0 aliphatic heterocycles. The Hall–Kier alpha value is -0.830. The van der Waals surface area contributed by atoms with E-state index in [0.29, 0.717) is 6.42 Å². The molecule has 136 valence electrons. The Morgan fingerprint density at radius 2 is 1.43 bits per heavy atom. The van der Waals surface area contributed by atoms with Gasteiger partial charge in [0.15, 0.2) is 0 Å². The molecule has 0 amide bonds. The van der Waals surface area contributed by atoms with E-state index < -0.39 is 12.2 Å². The van der Waals surface area contributed by atoms with Gasteiger partial charge in [0.25, 0.3) is 0 Å². The summed E-state index contributed by atoms with van der Waals surface area (Å²) < 4.78 is 5.12. The van der Waals surface area contributed by atoms with Gasteiger partial charge in [0.05, 0.1) is 6.10 Å². The van der Waals surface area contributed by atoms with Gasteiger partial charge in [-0.05, 0) is 46.0 Å². The second kappa shape index (κ2) is 16.0. The SMILES string of the molecule is CCCCCC/C=C\CCCCCCCC(=O)O[C@H](C)[C@H](C)O. The molecule has 0 aromatic rings. The molecule has 0 heterocycles. The number of ether oxygens (including phenoxy) is 1. The molecule has 0 bridgehead atoms. The largest absolute Gasteiger partial charge is 0.460 e. The molecule has 0 spiro atoms. The lowest BCUT2D eigenvalue weighted by molar-refractivity contribution is -0.153. The molecule has 0 rings (SSSR count). The Balaban J connectivity index is 3.30. The van der Waals surface area contributed by atoms with Gasteiger partial charge >= 0.3 is 5.97 Å². The molecule has 0 aliphatic carbocycles. The molecular formula is C20H38O3. The highest BCUT2D eigenvalue weighted by atomic mass is 16.6. The smallest absolute Gasteiger partial charge is 0.306 e. The zero-order chi connectivity index (χ0) is 17.3. The lowest BCUT2D eigenvalue weighted by Gasteiger charge is -2.15. The summed E-state index contributed by atoms with van der Waals surface area (Å²) in [5.74, 6) is -0.190. The first kappa shape index (κ1) is 22.2. The van der Waals surface area contributed by atoms with Crippen molar-refractivity contribution in [3.8, 4) is 0 Å². The monoisotopic (exact) mass is 326 g/mol. The van der Waals surface area contributed by atoms with Gasteiger partial charge in [-0.3, -0.25) is 4.79 Å². The van der Waals surface area contributed by atoms with Crippen molar-refractivity contribution >= 4 is 5.97 Å². The van der Waals surface area contributed by atoms with E-state index in [0.717, 1.165) is 12.8 Å². The third kappa shape index (κ3) is 15.8. The van der Waals surface area contributed by atoms with Crippen LogP contribution in [-0.4, -0.2) is 23.3 Å². The Kier molecular flexibility index (Phi) is 15.5. The van der Waals surface area contributed by atoms with Crippen LogP contribution in [0.1, 0.15) is 97.8 Å². The van der Waals surface area contributed by atoms with E-state index in [-0.39, 0.29) is 5.97 Å². The minimum absolute atomic E-state index is 0.190. The first-order chi connectivity index (χ1) is 11.1. The zero-order valence-electron chi connectivity index (χ0n) is 15.6. The van der Waals surface area contributed by atoms with Crippen LogP contribution in [0.4, 0.5) is 0 Å². The normalized spacial score (nSPS) is 14.1. The summed E-state index contributed by atoms with van der Waals surface area (Å²) in [7, 11) is 0. The molecule has 2 atom stereocenters. The van der Waals surface area contributed by atoms with Gasteiger partial charge in [-0.25, -0.2) is 0 Å². The van der Waals surface area contributed by atoms with E-state index in [2.05, 4.69) is 19.1 Å². The second-order valence-corrected chi connectivity index (χ2v) is 6.56. The molecule has 0 fully saturated rings. The summed E-state index contributed by atoms with van der Waals surface area (Å²) in [5, 5.41) is 9.27. The quantitative estimate of drug-likeness (QED) is 0.243. The molecular weight excluding hydrogens is 288 g/mol. The van der Waals surface area contributed by atoms with Gasteiger partial charge in [-0.1, -0.05) is 57.6 Å². The van der Waals surface area contributed by atoms with Crippen LogP contribution in [0.3, 0.4) is 0 Å². The molecule has 1 N–H and O–H groups in total. The van der Waals surface area contributed by atoms with Gasteiger partial charge in [0.2, 0.25) is 0 Å². The fourth-order valence-corrected chi connectivity index (χ4v) is 2.35. The Morgan fingerprint density at radius 3 is 2.00 bits per heavy atom. The molecule has 0 saturated heterocycles. The molecule has 3 nitrogen and oxygen atoms in total. The van der Waals surface area contributed by atoms with Crippen LogP contribution < -0.4 is 0 Å². The van der Waals surface area contributed by atoms with Gasteiger partial charge in [-0.15, -0.1) is 0 Å². The van der Waals surface area contributed by atoms with Crippen molar-refractivity contribution in [1.82, 2.24) is 0 Å². The maximum absolute atomic E-state index is 11.5. The van der Waals surface area contributed by atoms with Gasteiger partial charge in [0, 0.05) is 6.42 Å². The van der Waals surface area contributed by atoms with Crippen molar-refractivity contribution in [2.75, 3.05) is 0 Å². The van der Waals surface area contributed by atoms with Crippen LogP contribution in [0.25, 0.3) is 0 Å². The number of rotatable bonds is 15. The highest BCUT2D eigenvalue weighted by molar-refractivity contribution is 5.69. The maximum Gasteiger partial charge on any atom is 0.306 e. The number of esters is 1. The summed E-state index contributed by atoms with van der Waals surface area (Å²) in [6, 6.07) is 0. The third-order valence-corrected chi connectivity index (χ3v) is 4.14. The Labute approximate surface area is 143 Å². The van der Waals surface area contributed by atoms with Crippen molar-refractivity contribution in [3.63, 3.8) is 0 Å². The number of aliphatic hydroxyl groups excluding tert-OH is 1. The minimum atomic E-state index is -0.598. The van der Waals surface area contributed by atoms with Gasteiger partial charge < -0.3 is 9.84 Å². The van der Waals surface area contributed by atoms with Crippen LogP contribution in [0, 0.1) is 0 Å². The number of hydrogen-bond acceptors (Lipinski definition) is 3. The van der Waals surface area contributed by atoms with E-state index in [4.69, 9.17) is 4.74 Å². The molecule has 0 unspecified atom stereocenters. The Bertz CT molecular complexity index is 297. The summed E-state index contributed by atoms with van der Waals surface area (Å²) in [6.07, 6.45) is 17.5. The van der Waals surface area contributed by atoms with Crippen LogP contribution in [0.5, 0.6) is 0 Å². The lowest BCUT2D eigenvalue weighted by atomic mass is 10.1. The minimum Gasteiger partial charge on any atom is -0.460 e. The van der Waals surface area contributed by atoms with Crippen molar-refractivity contribution < 1.29 is 14.6 Å². The predicted molar refractivity (Wildman–Crippen MR) is 97.5 cm³/mol. The molecule has 3 heteroatoms. The van der Waals surface area contributed by atoms with Crippen molar-refractivity contribution in [2.45, 2.75) is 110 Å². The summed E-state index contributed by atoms with van der Waals surface area (Å²) in [5.41, 5.74) is 0. The van der Waals surface area contributed by atoms with Crippen LogP contribution in [0.15, 0.2) is 12.2 Å². The van der Waals surface area contributed by atoms with E-state index >= 15 is 0 Å². The number of unbranched alkanes of at least 4 members (excludes halogenated alkanes) is 9. The Morgan fingerprint density at radius 1 is 0.913 bits per heavy atom. The summed E-state index contributed by atoms with van der Waals surface area (Å²) in [6.45, 7) is 5.60. The molecule has 23 heavy (non-hydrogen) atoms. The number of hydrogen-bond donors (Lipinski definition) is 1. The highest BCUT2D eigenvalue weighted by Crippen LogP contribution is 2.10. The van der Waals surface area contributed by atoms with Crippen molar-refractivity contribution in [1.29, 1.82) is 0 Å². The number of carbonyl (C=O) groups excluding carboxylic acids is 1. The maximum atomic E-state index is 11.5. The zero-order valence-corrected chi connectivity index (χ0v) is 15.6. The second-order valence-electron chi connectivity index (χ2n) is 6.56. The fraction of sp³-hybridized carbons (Fsp3) is 0.850. The molecule has 0 saturated carbocycles. The fourth-order valence-electron chi connectivity index (χ4n) is 2.35. The highest BCUT2D eigenvalue weighted by Gasteiger charge is 2.13. The van der Waals surface area contributed by atoms with Crippen LogP contribution in [-0.2, 0) is 9.53 Å². The molecule has 0 aromatic carbocycles. The predicted octanol–water partition coefficient (Wildman–Crippen LogP) is 5.56. The van der Waals surface area contributed by atoms with E-state index in [1.54, 1.807) is 13.8 Å². The first-order valence-electron chi connectivity index (χ1n) is 9.60. The van der Waals surface area contributed by atoms with Gasteiger partial charge in [-0.2, -0.15) is 0 Å². The van der Waals surface area contributed by atoms with E-state index in [1.807, 2.05) is 0 Å². The number of carbonyl (C=O) groups is 1. The number of allylic oxidation sites excluding steroid dienone is 2. The van der Waals surface area contributed by atoms with E-state index in [9.17, 15) is 9.90 Å². The van der Waals surface area contributed by atoms with Crippen LogP contribution >= 0.6 is 0 Å². The first-order valence-corrected chi connectivity index (χ1v) is 9.60. The van der Waals surface area contributed by atoms with Gasteiger partial charge in [0.1, 0.15) is 6.10 Å². The molecule has 0 aliphatic rings. The molecule has 0 aromatic heterocycles. The topological polar surface area (TPSA) is 46.5 Å². The standard InChI is InChI=1S/C20H38O3/c1-4-5-6-7-8-9-10-11-12-13-14-15-16-17-20(22)23-19(3)18(2)21/h9-10,18-19,21H,4-8,11-17H2,1-3H3/b10-9-/t18-,19+/m0/s1. The average Bonchev–Trinajstić information content (AvgIpc) is 2.51. The van der Waals surface area contributed by atoms with E-state index in [1.165, 1.54) is 57.8 Å².